The first-order valence-corrected chi connectivity index (χ1v) is 42.6. The number of hydrogen-bond donors (Lipinski definition) is 1. The zero-order valence-corrected chi connectivity index (χ0v) is 76.0. The Bertz CT molecular complexity index is 6720. The summed E-state index contributed by atoms with van der Waals surface area (Å²) in [7, 11) is 3.25. The van der Waals surface area contributed by atoms with E-state index in [9.17, 15) is 18.3 Å². The maximum absolute atomic E-state index is 12.9. The van der Waals surface area contributed by atoms with Gasteiger partial charge in [-0.15, -0.1) is 0 Å². The van der Waals surface area contributed by atoms with Crippen LogP contribution < -0.4 is 18.9 Å². The third kappa shape index (κ3) is 24.9. The molecular formula is C100H98F3N19O11. The van der Waals surface area contributed by atoms with Crippen LogP contribution in [0.1, 0.15) is 121 Å². The normalized spacial score (nSPS) is 11.1. The van der Waals surface area contributed by atoms with Crippen LogP contribution in [0.4, 0.5) is 13.2 Å². The third-order valence-electron chi connectivity index (χ3n) is 20.3. The minimum absolute atomic E-state index is 0.0332. The number of aromatic hydroxyl groups is 1. The van der Waals surface area contributed by atoms with Crippen LogP contribution in [0.15, 0.2) is 271 Å². The SMILES string of the molecule is CC(C)(C)c1cc(-c2nc(-c3ccncc3)no2)cc(C(C)(C)C)c1.CCCCc1ccc(-c2nc(-c3ccncc3)no2)cc1.CCOc1cc(-c2nc(-c3ccncc3)no2)ccc1OC.CCOc1ccc(-c2nc(-c3ccncc3)no2)c(O)c1.CCn1nc(C)cc1-c1nc(-c2ccc(C)c(OC)c2)no1.Cc1ccc(-c2nc(-c3ccncc3)no2)cc1C(F)(F)F. The molecule has 0 aliphatic heterocycles. The number of ether oxygens (including phenoxy) is 4. The summed E-state index contributed by atoms with van der Waals surface area (Å²) in [5, 5.41) is 38.3. The van der Waals surface area contributed by atoms with Crippen LogP contribution in [-0.2, 0) is 30.0 Å². The number of rotatable bonds is 22. The highest BCUT2D eigenvalue weighted by atomic mass is 19.4. The second-order valence-corrected chi connectivity index (χ2v) is 31.9. The van der Waals surface area contributed by atoms with Gasteiger partial charge in [-0.3, -0.25) is 29.6 Å². The minimum atomic E-state index is -4.42. The Hall–Kier alpha value is -16.1. The van der Waals surface area contributed by atoms with E-state index in [1.165, 1.54) is 54.7 Å². The lowest BCUT2D eigenvalue weighted by atomic mass is 9.79. The van der Waals surface area contributed by atoms with Crippen LogP contribution in [0.3, 0.4) is 0 Å². The van der Waals surface area contributed by atoms with Gasteiger partial charge in [0.05, 0.1) is 44.3 Å². The van der Waals surface area contributed by atoms with Gasteiger partial charge in [0.1, 0.15) is 22.9 Å². The highest BCUT2D eigenvalue weighted by molar-refractivity contribution is 5.69. The lowest BCUT2D eigenvalue weighted by Gasteiger charge is -2.25. The molecule has 0 spiro atoms. The van der Waals surface area contributed by atoms with E-state index in [4.69, 9.17) is 46.1 Å². The summed E-state index contributed by atoms with van der Waals surface area (Å²) in [6.45, 7) is 28.5. The fraction of sp³-hybridized carbons (Fsp3) is 0.240. The maximum Gasteiger partial charge on any atom is 0.416 e. The highest BCUT2D eigenvalue weighted by Gasteiger charge is 2.33. The largest absolute Gasteiger partial charge is 0.507 e. The van der Waals surface area contributed by atoms with Gasteiger partial charge in [-0.1, -0.05) is 122 Å². The van der Waals surface area contributed by atoms with Crippen LogP contribution in [-0.4, -0.2) is 128 Å². The summed E-state index contributed by atoms with van der Waals surface area (Å²) in [6, 6.07) is 55.1. The molecule has 0 aliphatic rings. The van der Waals surface area contributed by atoms with E-state index in [-0.39, 0.29) is 39.5 Å². The Morgan fingerprint density at radius 1 is 0.361 bits per heavy atom. The summed E-state index contributed by atoms with van der Waals surface area (Å²) < 4.78 is 94.1. The van der Waals surface area contributed by atoms with E-state index in [0.717, 1.165) is 86.2 Å². The average Bonchev–Trinajstić information content (AvgIpc) is 1.77. The molecule has 33 heteroatoms. The number of benzene rings is 6. The lowest BCUT2D eigenvalue weighted by molar-refractivity contribution is -0.138. The molecule has 0 bridgehead atoms. The molecule has 18 rings (SSSR count). The van der Waals surface area contributed by atoms with E-state index in [1.54, 1.807) is 113 Å². The Balaban J connectivity index is 0.000000136. The molecular weight excluding hydrogens is 1700 g/mol. The van der Waals surface area contributed by atoms with Crippen molar-refractivity contribution in [3.8, 4) is 166 Å². The molecule has 0 saturated heterocycles. The highest BCUT2D eigenvalue weighted by Crippen LogP contribution is 2.40. The van der Waals surface area contributed by atoms with E-state index >= 15 is 0 Å². The number of hydrogen-bond acceptors (Lipinski definition) is 29. The standard InChI is InChI=1S/C21H25N3O.C17H17N3O.C16H18N4O2.C16H15N3O3.C15H10F3N3O.C15H13N3O3/c1-20(2,3)16-11-15(12-17(13-16)21(4,5)6)19-23-18(24-25-19)14-7-9-22-10-8-14;1-2-3-4-13-5-7-15(8-6-13)17-19-16(20-21-17)14-9-11-18-12-10-14;1-5-20-13(8-11(3)18-20)16-17-15(19-22-16)12-7-6-10(2)14(9-12)21-4;1-3-21-14-10-12(4-5-13(14)20-2)16-18-15(19-22-16)11-6-8-17-9-7-11;1-9-2-3-11(8-12(9)15(16,17)18)14-20-13(21-22-14)10-4-6-19-7-5-10;1-2-20-11-3-4-12(13(19)9-11)15-17-14(18-21-15)10-5-7-16-8-6-10/h7-13H,1-6H3;5-12H,2-4H2,1H3;6-9H,5H2,1-4H3;4-10H,3H2,1-2H3;2-8H,1H3;3-9,19H,2H2,1H3. The molecule has 680 valence electrons. The van der Waals surface area contributed by atoms with Gasteiger partial charge in [-0.25, -0.2) is 0 Å². The number of phenols is 1. The molecule has 30 nitrogen and oxygen atoms in total. The van der Waals surface area contributed by atoms with Crippen molar-refractivity contribution >= 4 is 0 Å². The van der Waals surface area contributed by atoms with Gasteiger partial charge in [-0.05, 0) is 233 Å². The van der Waals surface area contributed by atoms with Crippen LogP contribution in [0.5, 0.6) is 28.7 Å². The van der Waals surface area contributed by atoms with Gasteiger partial charge < -0.3 is 51.2 Å². The molecule has 12 heterocycles. The average molecular weight is 1800 g/mol. The van der Waals surface area contributed by atoms with Crippen molar-refractivity contribution in [1.29, 1.82) is 0 Å². The van der Waals surface area contributed by atoms with Crippen molar-refractivity contribution in [2.45, 2.75) is 133 Å². The first kappa shape index (κ1) is 94.5. The van der Waals surface area contributed by atoms with Gasteiger partial charge in [0, 0.05) is 130 Å². The fourth-order valence-electron chi connectivity index (χ4n) is 13.0. The predicted octanol–water partition coefficient (Wildman–Crippen LogP) is 23.0. The topological polar surface area (TPSA) is 373 Å². The predicted molar refractivity (Wildman–Crippen MR) is 494 cm³/mol. The van der Waals surface area contributed by atoms with E-state index in [2.05, 4.69) is 170 Å². The van der Waals surface area contributed by atoms with Gasteiger partial charge in [0.2, 0.25) is 34.9 Å². The van der Waals surface area contributed by atoms with Gasteiger partial charge in [0.25, 0.3) is 35.3 Å². The summed E-state index contributed by atoms with van der Waals surface area (Å²) in [5.41, 5.74) is 14.6. The maximum atomic E-state index is 12.9. The molecule has 1 N–H and O–H groups in total. The molecule has 0 amide bonds. The second-order valence-electron chi connectivity index (χ2n) is 31.9. The molecule has 0 aliphatic carbocycles. The van der Waals surface area contributed by atoms with Crippen LogP contribution in [0, 0.1) is 20.8 Å². The number of methoxy groups -OCH3 is 2. The van der Waals surface area contributed by atoms with E-state index in [1.807, 2.05) is 130 Å². The van der Waals surface area contributed by atoms with Crippen molar-refractivity contribution < 1.29 is 64.4 Å². The number of aromatic nitrogens is 19. The van der Waals surface area contributed by atoms with Crippen molar-refractivity contribution in [2.75, 3.05) is 27.4 Å². The molecule has 6 aromatic carbocycles. The summed E-state index contributed by atoms with van der Waals surface area (Å²) in [5.74, 6) is 7.98. The van der Waals surface area contributed by atoms with Crippen molar-refractivity contribution in [1.82, 2.24) is 95.5 Å². The van der Waals surface area contributed by atoms with Gasteiger partial charge in [-0.2, -0.15) is 48.2 Å². The third-order valence-corrected chi connectivity index (χ3v) is 20.3. The Morgan fingerprint density at radius 3 is 1.19 bits per heavy atom. The van der Waals surface area contributed by atoms with Crippen LogP contribution in [0.2, 0.25) is 0 Å². The monoisotopic (exact) mass is 1800 g/mol. The summed E-state index contributed by atoms with van der Waals surface area (Å²) in [6.07, 6.45) is 15.8. The Kier molecular flexibility index (Phi) is 31.1. The molecule has 0 atom stereocenters. The van der Waals surface area contributed by atoms with Gasteiger partial charge >= 0.3 is 6.18 Å². The van der Waals surface area contributed by atoms with Crippen molar-refractivity contribution in [3.05, 3.63) is 283 Å². The summed E-state index contributed by atoms with van der Waals surface area (Å²) in [4.78, 5) is 46.1. The molecule has 18 aromatic rings. The number of pyridine rings is 5. The van der Waals surface area contributed by atoms with Crippen molar-refractivity contribution in [3.63, 3.8) is 0 Å². The second kappa shape index (κ2) is 43.8. The van der Waals surface area contributed by atoms with Crippen molar-refractivity contribution in [2.24, 2.45) is 0 Å². The minimum Gasteiger partial charge on any atom is -0.507 e. The molecule has 0 radical (unpaired) electrons. The quantitative estimate of drug-likeness (QED) is 0.0658. The number of aryl methyl sites for hydroxylation is 5. The number of unbranched alkanes of at least 4 members (excludes halogenated alkanes) is 1. The first-order chi connectivity index (χ1) is 64.2. The Labute approximate surface area is 765 Å². The fourth-order valence-corrected chi connectivity index (χ4v) is 13.0. The summed E-state index contributed by atoms with van der Waals surface area (Å²) >= 11 is 0. The molecule has 0 fully saturated rings. The zero-order chi connectivity index (χ0) is 94.2. The molecule has 0 saturated carbocycles. The number of halogens is 3. The van der Waals surface area contributed by atoms with Crippen LogP contribution >= 0.6 is 0 Å². The van der Waals surface area contributed by atoms with Gasteiger partial charge in [0.15, 0.2) is 11.5 Å². The van der Waals surface area contributed by atoms with Crippen LogP contribution in [0.25, 0.3) is 137 Å². The Morgan fingerprint density at radius 2 is 0.752 bits per heavy atom. The molecule has 12 aromatic heterocycles. The smallest absolute Gasteiger partial charge is 0.416 e. The molecule has 0 unspecified atom stereocenters. The van der Waals surface area contributed by atoms with E-state index < -0.39 is 11.7 Å². The van der Waals surface area contributed by atoms with E-state index in [0.29, 0.717) is 100 Å². The number of phenolic OH excluding ortho intramolecular Hbond substituents is 1. The first-order valence-electron chi connectivity index (χ1n) is 42.6. The molecule has 133 heavy (non-hydrogen) atoms. The lowest BCUT2D eigenvalue weighted by Crippen LogP contribution is -2.16. The number of nitrogens with zero attached hydrogens (tertiary/aromatic N) is 19. The number of alkyl halides is 3. The zero-order valence-electron chi connectivity index (χ0n) is 76.0.